The first-order valence-electron chi connectivity index (χ1n) is 14.3. The molecule has 2 aromatic heterocycles. The number of ether oxygens (including phenoxy) is 1. The Morgan fingerprint density at radius 1 is 1.15 bits per heavy atom. The molecule has 3 aromatic rings. The van der Waals surface area contributed by atoms with Crippen molar-refractivity contribution in [1.29, 1.82) is 0 Å². The number of carbonyl (C=O) groups excluding carboxylic acids is 2. The van der Waals surface area contributed by atoms with Crippen molar-refractivity contribution in [3.8, 4) is 28.3 Å². The molecule has 0 spiro atoms. The molecule has 1 aliphatic heterocycles. The van der Waals surface area contributed by atoms with Gasteiger partial charge in [-0.1, -0.05) is 38.1 Å². The number of carbonyl (C=O) groups is 2. The number of aldehydes is 1. The van der Waals surface area contributed by atoms with E-state index in [2.05, 4.69) is 56.2 Å². The normalized spacial score (nSPS) is 21.7. The molecule has 1 saturated carbocycles. The van der Waals surface area contributed by atoms with Crippen LogP contribution in [0, 0.1) is 11.8 Å². The summed E-state index contributed by atoms with van der Waals surface area (Å²) in [6, 6.07) is 8.75. The lowest BCUT2D eigenvalue weighted by molar-refractivity contribution is -0.110. The van der Waals surface area contributed by atoms with E-state index >= 15 is 0 Å². The van der Waals surface area contributed by atoms with Gasteiger partial charge in [-0.3, -0.25) is 9.88 Å². The summed E-state index contributed by atoms with van der Waals surface area (Å²) in [6.07, 6.45) is 10.2. The van der Waals surface area contributed by atoms with Crippen molar-refractivity contribution < 1.29 is 17.4 Å². The maximum Gasteiger partial charge on any atom is 0.407 e. The average molecular weight is 672 g/mol. The molecule has 1 aromatic carbocycles. The van der Waals surface area contributed by atoms with Gasteiger partial charge >= 0.3 is 6.09 Å². The minimum Gasteiger partial charge on any atom is -0.453 e. The van der Waals surface area contributed by atoms with Crippen LogP contribution in [0.5, 0.6) is 5.75 Å². The zero-order chi connectivity index (χ0) is 29.1. The molecule has 10 heteroatoms. The van der Waals surface area contributed by atoms with Gasteiger partial charge in [-0.05, 0) is 74.6 Å². The Bertz CT molecular complexity index is 1380. The summed E-state index contributed by atoms with van der Waals surface area (Å²) in [4.78, 5) is 36.4. The minimum absolute atomic E-state index is 0.0894. The van der Waals surface area contributed by atoms with Crippen molar-refractivity contribution in [1.82, 2.24) is 25.2 Å². The van der Waals surface area contributed by atoms with E-state index in [0.717, 1.165) is 41.8 Å². The molecule has 0 bridgehead atoms. The first-order chi connectivity index (χ1) is 19.8. The lowest BCUT2D eigenvalue weighted by Gasteiger charge is -2.31. The fraction of sp³-hybridized carbons (Fsp3) is 0.484. The van der Waals surface area contributed by atoms with E-state index in [1.54, 1.807) is 0 Å². The zero-order valence-corrected chi connectivity index (χ0v) is 26.2. The third-order valence-corrected chi connectivity index (χ3v) is 9.24. The Morgan fingerprint density at radius 2 is 1.90 bits per heavy atom. The molecular formula is C31H38IN5O4. The van der Waals surface area contributed by atoms with Crippen LogP contribution in [-0.2, 0) is 16.0 Å². The van der Waals surface area contributed by atoms with Crippen molar-refractivity contribution in [2.24, 2.45) is 11.8 Å². The number of methoxy groups -OCH3 is 1. The Labute approximate surface area is 255 Å². The topological polar surface area (TPSA) is 109 Å². The largest absolute Gasteiger partial charge is 0.453 e. The van der Waals surface area contributed by atoms with Gasteiger partial charge in [-0.25, -0.2) is 9.78 Å². The fourth-order valence-electron chi connectivity index (χ4n) is 6.18. The molecular weight excluding hydrogens is 633 g/mol. The monoisotopic (exact) mass is 671 g/mol. The molecule has 4 unspecified atom stereocenters. The van der Waals surface area contributed by atoms with Crippen LogP contribution in [-0.4, -0.2) is 59.0 Å². The average Bonchev–Trinajstić information content (AvgIpc) is 3.69. The summed E-state index contributed by atoms with van der Waals surface area (Å²) in [5, 5.41) is 2.39. The second kappa shape index (κ2) is 12.9. The molecule has 1 saturated heterocycles. The maximum atomic E-state index is 10.6. The SMILES string of the molecule is CN1CCCC1c1ncc(-c2ccc(-c3ncc(OI)c4c3C3CCC3C4)cc2)[nH]1.COC(=O)NC(C=O)C(C)C. The number of alkyl carbamates (subject to hydrolysis) is 1. The molecule has 6 rings (SSSR count). The number of H-pyrrole nitrogens is 1. The molecule has 1 amide bonds. The van der Waals surface area contributed by atoms with E-state index in [1.165, 1.54) is 55.0 Å². The van der Waals surface area contributed by atoms with E-state index in [1.807, 2.05) is 49.2 Å². The Hall–Kier alpha value is -2.99. The highest BCUT2D eigenvalue weighted by Crippen LogP contribution is 2.55. The number of likely N-dealkylation sites (tertiary alicyclic amines) is 1. The summed E-state index contributed by atoms with van der Waals surface area (Å²) in [5.74, 6) is 3.56. The molecule has 0 radical (unpaired) electrons. The van der Waals surface area contributed by atoms with E-state index in [-0.39, 0.29) is 5.92 Å². The number of hydrogen-bond acceptors (Lipinski definition) is 7. The second-order valence-corrected chi connectivity index (χ2v) is 12.0. The minimum atomic E-state index is -0.573. The van der Waals surface area contributed by atoms with Crippen molar-refractivity contribution in [2.75, 3.05) is 20.7 Å². The molecule has 2 N–H and O–H groups in total. The Morgan fingerprint density at radius 3 is 2.49 bits per heavy atom. The van der Waals surface area contributed by atoms with E-state index in [9.17, 15) is 9.59 Å². The van der Waals surface area contributed by atoms with Gasteiger partial charge in [0.2, 0.25) is 0 Å². The van der Waals surface area contributed by atoms with Gasteiger partial charge in [-0.2, -0.15) is 0 Å². The number of halogens is 1. The number of hydrogen-bond donors (Lipinski definition) is 2. The van der Waals surface area contributed by atoms with Gasteiger partial charge in [0.05, 0.1) is 43.0 Å². The quantitative estimate of drug-likeness (QED) is 0.226. The summed E-state index contributed by atoms with van der Waals surface area (Å²) in [5.41, 5.74) is 7.40. The number of nitrogens with zero attached hydrogens (tertiary/aromatic N) is 3. The summed E-state index contributed by atoms with van der Waals surface area (Å²) >= 11 is 1.98. The van der Waals surface area contributed by atoms with Gasteiger partial charge in [0.1, 0.15) is 12.1 Å². The van der Waals surface area contributed by atoms with Gasteiger partial charge in [0.25, 0.3) is 0 Å². The number of aromatic nitrogens is 3. The van der Waals surface area contributed by atoms with Gasteiger partial charge in [0, 0.05) is 11.1 Å². The van der Waals surface area contributed by atoms with Gasteiger partial charge in [-0.15, -0.1) is 0 Å². The van der Waals surface area contributed by atoms with E-state index < -0.39 is 12.1 Å². The third kappa shape index (κ3) is 6.13. The van der Waals surface area contributed by atoms with Crippen LogP contribution in [0.1, 0.15) is 68.4 Å². The molecule has 2 fully saturated rings. The number of pyridine rings is 1. The van der Waals surface area contributed by atoms with Crippen LogP contribution in [0.2, 0.25) is 0 Å². The predicted molar refractivity (Wildman–Crippen MR) is 166 cm³/mol. The number of nitrogens with one attached hydrogen (secondary N) is 2. The lowest BCUT2D eigenvalue weighted by Crippen LogP contribution is -2.39. The van der Waals surface area contributed by atoms with Crippen molar-refractivity contribution in [2.45, 2.75) is 64.0 Å². The lowest BCUT2D eigenvalue weighted by atomic mass is 9.73. The summed E-state index contributed by atoms with van der Waals surface area (Å²) in [7, 11) is 3.44. The van der Waals surface area contributed by atoms with E-state index in [0.29, 0.717) is 18.2 Å². The van der Waals surface area contributed by atoms with Crippen LogP contribution in [0.4, 0.5) is 4.79 Å². The standard InChI is InChI=1S/C24H25IN4O.C7H13NO3/c1-29-10-2-3-20(29)24-27-12-19(28-24)14-4-6-15(7-5-14)23-22-17-9-8-16(17)11-18(22)21(30-25)13-26-23;1-5(2)6(4-9)8-7(10)11-3/h4-7,12-13,16-17,20H,2-3,8-11H2,1H3,(H,27,28);4-6H,1-3H3,(H,8,10). The van der Waals surface area contributed by atoms with Gasteiger partial charge < -0.3 is 22.9 Å². The first kappa shape index (κ1) is 29.5. The number of benzene rings is 1. The fourth-order valence-corrected chi connectivity index (χ4v) is 6.56. The highest BCUT2D eigenvalue weighted by molar-refractivity contribution is 14.1. The number of imidazole rings is 1. The van der Waals surface area contributed by atoms with Crippen molar-refractivity contribution >= 4 is 35.4 Å². The van der Waals surface area contributed by atoms with Crippen LogP contribution in [0.25, 0.3) is 22.5 Å². The molecule has 3 aliphatic rings. The first-order valence-corrected chi connectivity index (χ1v) is 15.2. The van der Waals surface area contributed by atoms with Crippen molar-refractivity contribution in [3.05, 3.63) is 53.6 Å². The van der Waals surface area contributed by atoms with Crippen LogP contribution < -0.4 is 8.38 Å². The number of amides is 1. The smallest absolute Gasteiger partial charge is 0.407 e. The Balaban J connectivity index is 0.000000264. The Kier molecular flexibility index (Phi) is 9.28. The zero-order valence-electron chi connectivity index (χ0n) is 24.0. The summed E-state index contributed by atoms with van der Waals surface area (Å²) < 4.78 is 9.92. The molecule has 41 heavy (non-hydrogen) atoms. The van der Waals surface area contributed by atoms with Crippen LogP contribution in [0.3, 0.4) is 0 Å². The molecule has 3 heterocycles. The van der Waals surface area contributed by atoms with Crippen LogP contribution >= 0.6 is 23.0 Å². The number of rotatable bonds is 7. The van der Waals surface area contributed by atoms with E-state index in [4.69, 9.17) is 8.05 Å². The number of fused-ring (bicyclic) bond motifs is 3. The molecule has 4 atom stereocenters. The number of aromatic amines is 1. The van der Waals surface area contributed by atoms with Crippen LogP contribution in [0.15, 0.2) is 36.7 Å². The predicted octanol–water partition coefficient (Wildman–Crippen LogP) is 6.25. The molecule has 2 aliphatic carbocycles. The molecule has 9 nitrogen and oxygen atoms in total. The van der Waals surface area contributed by atoms with Crippen molar-refractivity contribution in [3.63, 3.8) is 0 Å². The summed E-state index contributed by atoms with van der Waals surface area (Å²) in [6.45, 7) is 4.83. The maximum absolute atomic E-state index is 10.6. The third-order valence-electron chi connectivity index (χ3n) is 8.76. The van der Waals surface area contributed by atoms with Gasteiger partial charge in [0.15, 0.2) is 28.8 Å². The highest BCUT2D eigenvalue weighted by atomic mass is 127. The highest BCUT2D eigenvalue weighted by Gasteiger charge is 2.42. The second-order valence-electron chi connectivity index (χ2n) is 11.5. The molecule has 218 valence electrons.